The van der Waals surface area contributed by atoms with E-state index < -0.39 is 0 Å². The lowest BCUT2D eigenvalue weighted by Gasteiger charge is -2.04. The smallest absolute Gasteiger partial charge is 0.219 e. The molecule has 0 saturated heterocycles. The van der Waals surface area contributed by atoms with Crippen molar-refractivity contribution in [2.45, 2.75) is 6.92 Å². The highest BCUT2D eigenvalue weighted by Gasteiger charge is 1.99. The van der Waals surface area contributed by atoms with Gasteiger partial charge in [0.1, 0.15) is 11.6 Å². The third-order valence-electron chi connectivity index (χ3n) is 1.37. The summed E-state index contributed by atoms with van der Waals surface area (Å²) >= 11 is 0. The van der Waals surface area contributed by atoms with Crippen molar-refractivity contribution in [3.8, 4) is 18.2 Å². The van der Waals surface area contributed by atoms with Gasteiger partial charge in [0.2, 0.25) is 5.88 Å². The van der Waals surface area contributed by atoms with Crippen molar-refractivity contribution in [1.82, 2.24) is 9.97 Å². The summed E-state index contributed by atoms with van der Waals surface area (Å²) in [6.07, 6.45) is 5.05. The summed E-state index contributed by atoms with van der Waals surface area (Å²) in [5, 5.41) is 2.90. The lowest BCUT2D eigenvalue weighted by atomic mass is 10.5. The highest BCUT2D eigenvalue weighted by atomic mass is 16.5. The normalized spacial score (nSPS) is 9.00. The number of rotatable bonds is 3. The molecule has 4 nitrogen and oxygen atoms in total. The van der Waals surface area contributed by atoms with Crippen LogP contribution in [0.1, 0.15) is 5.82 Å². The van der Waals surface area contributed by atoms with E-state index >= 15 is 0 Å². The molecular weight excluding hydrogens is 166 g/mol. The van der Waals surface area contributed by atoms with Gasteiger partial charge in [0, 0.05) is 13.1 Å². The van der Waals surface area contributed by atoms with Crippen LogP contribution in [0.2, 0.25) is 0 Å². The third kappa shape index (κ3) is 2.64. The SMILES string of the molecule is C#CCOc1cc(NC)nc(C)n1. The van der Waals surface area contributed by atoms with E-state index in [0.29, 0.717) is 11.7 Å². The van der Waals surface area contributed by atoms with Crippen LogP contribution in [0, 0.1) is 19.3 Å². The van der Waals surface area contributed by atoms with Crippen molar-refractivity contribution in [3.63, 3.8) is 0 Å². The molecule has 0 unspecified atom stereocenters. The minimum Gasteiger partial charge on any atom is -0.464 e. The molecule has 1 rings (SSSR count). The van der Waals surface area contributed by atoms with Gasteiger partial charge in [0.05, 0.1) is 0 Å². The van der Waals surface area contributed by atoms with Gasteiger partial charge in [-0.15, -0.1) is 6.42 Å². The first-order valence-electron chi connectivity index (χ1n) is 3.86. The number of ether oxygens (including phenoxy) is 1. The number of aryl methyl sites for hydroxylation is 1. The Morgan fingerprint density at radius 2 is 2.38 bits per heavy atom. The van der Waals surface area contributed by atoms with E-state index in [0.717, 1.165) is 5.82 Å². The van der Waals surface area contributed by atoms with Gasteiger partial charge < -0.3 is 10.1 Å². The predicted octanol–water partition coefficient (Wildman–Crippen LogP) is 0.839. The van der Waals surface area contributed by atoms with Crippen LogP contribution in [-0.2, 0) is 0 Å². The molecule has 0 aliphatic heterocycles. The van der Waals surface area contributed by atoms with E-state index in [4.69, 9.17) is 11.2 Å². The summed E-state index contributed by atoms with van der Waals surface area (Å²) in [4.78, 5) is 8.16. The van der Waals surface area contributed by atoms with Gasteiger partial charge in [-0.1, -0.05) is 5.92 Å². The lowest BCUT2D eigenvalue weighted by Crippen LogP contribution is -2.01. The Hall–Kier alpha value is -1.76. The minimum absolute atomic E-state index is 0.222. The molecule has 0 radical (unpaired) electrons. The molecule has 13 heavy (non-hydrogen) atoms. The number of anilines is 1. The van der Waals surface area contributed by atoms with Crippen molar-refractivity contribution in [3.05, 3.63) is 11.9 Å². The maximum absolute atomic E-state index is 5.15. The molecule has 68 valence electrons. The topological polar surface area (TPSA) is 47.0 Å². The van der Waals surface area contributed by atoms with Crippen molar-refractivity contribution in [1.29, 1.82) is 0 Å². The Labute approximate surface area is 77.4 Å². The fourth-order valence-corrected chi connectivity index (χ4v) is 0.858. The zero-order valence-electron chi connectivity index (χ0n) is 7.66. The number of nitrogens with zero attached hydrogens (tertiary/aromatic N) is 2. The second kappa shape index (κ2) is 4.31. The zero-order valence-corrected chi connectivity index (χ0v) is 7.66. The molecule has 0 aliphatic carbocycles. The van der Waals surface area contributed by atoms with Crippen LogP contribution in [0.25, 0.3) is 0 Å². The number of aromatic nitrogens is 2. The van der Waals surface area contributed by atoms with Gasteiger partial charge in [-0.3, -0.25) is 0 Å². The number of hydrogen-bond acceptors (Lipinski definition) is 4. The summed E-state index contributed by atoms with van der Waals surface area (Å²) in [7, 11) is 1.78. The first-order chi connectivity index (χ1) is 6.26. The molecular formula is C9H11N3O. The lowest BCUT2D eigenvalue weighted by molar-refractivity contribution is 0.354. The molecule has 1 heterocycles. The number of hydrogen-bond donors (Lipinski definition) is 1. The van der Waals surface area contributed by atoms with Crippen LogP contribution in [0.5, 0.6) is 5.88 Å². The molecule has 1 aromatic rings. The van der Waals surface area contributed by atoms with Crippen LogP contribution >= 0.6 is 0 Å². The minimum atomic E-state index is 0.222. The van der Waals surface area contributed by atoms with Gasteiger partial charge in [-0.2, -0.15) is 4.98 Å². The first-order valence-corrected chi connectivity index (χ1v) is 3.86. The fourth-order valence-electron chi connectivity index (χ4n) is 0.858. The molecule has 4 heteroatoms. The van der Waals surface area contributed by atoms with Crippen LogP contribution < -0.4 is 10.1 Å². The van der Waals surface area contributed by atoms with Gasteiger partial charge in [0.15, 0.2) is 6.61 Å². The quantitative estimate of drug-likeness (QED) is 0.695. The molecule has 1 aromatic heterocycles. The predicted molar refractivity (Wildman–Crippen MR) is 50.6 cm³/mol. The van der Waals surface area contributed by atoms with Crippen LogP contribution in [0.15, 0.2) is 6.07 Å². The average Bonchev–Trinajstić information content (AvgIpc) is 2.14. The summed E-state index contributed by atoms with van der Waals surface area (Å²) in [6, 6.07) is 1.70. The van der Waals surface area contributed by atoms with E-state index in [-0.39, 0.29) is 6.61 Å². The molecule has 0 bridgehead atoms. The van der Waals surface area contributed by atoms with Gasteiger partial charge in [-0.05, 0) is 6.92 Å². The van der Waals surface area contributed by atoms with Crippen molar-refractivity contribution >= 4 is 5.82 Å². The summed E-state index contributed by atoms with van der Waals surface area (Å²) in [5.41, 5.74) is 0. The maximum Gasteiger partial charge on any atom is 0.219 e. The molecule has 1 N–H and O–H groups in total. The van der Waals surface area contributed by atoms with E-state index in [1.807, 2.05) is 0 Å². The van der Waals surface area contributed by atoms with Crippen molar-refractivity contribution in [2.24, 2.45) is 0 Å². The molecule has 0 aliphatic rings. The molecule has 0 amide bonds. The van der Waals surface area contributed by atoms with Crippen LogP contribution in [0.4, 0.5) is 5.82 Å². The number of nitrogens with one attached hydrogen (secondary N) is 1. The second-order valence-corrected chi connectivity index (χ2v) is 2.38. The van der Waals surface area contributed by atoms with Crippen molar-refractivity contribution in [2.75, 3.05) is 19.0 Å². The van der Waals surface area contributed by atoms with E-state index in [2.05, 4.69) is 21.2 Å². The fraction of sp³-hybridized carbons (Fsp3) is 0.333. The van der Waals surface area contributed by atoms with E-state index in [1.54, 1.807) is 20.0 Å². The standard InChI is InChI=1S/C9H11N3O/c1-4-5-13-9-6-8(10-3)11-7(2)12-9/h1,6H,5H2,2-3H3,(H,10,11,12). The Morgan fingerprint density at radius 1 is 1.62 bits per heavy atom. The summed E-state index contributed by atoms with van der Waals surface area (Å²) < 4.78 is 5.15. The summed E-state index contributed by atoms with van der Waals surface area (Å²) in [5.74, 6) is 4.24. The highest BCUT2D eigenvalue weighted by Crippen LogP contribution is 2.11. The van der Waals surface area contributed by atoms with E-state index in [1.165, 1.54) is 0 Å². The molecule has 0 spiro atoms. The molecule has 0 saturated carbocycles. The molecule has 0 aromatic carbocycles. The first kappa shape index (κ1) is 9.33. The van der Waals surface area contributed by atoms with Gasteiger partial charge in [0.25, 0.3) is 0 Å². The second-order valence-electron chi connectivity index (χ2n) is 2.38. The van der Waals surface area contributed by atoms with Gasteiger partial charge >= 0.3 is 0 Å². The largest absolute Gasteiger partial charge is 0.464 e. The van der Waals surface area contributed by atoms with Crippen molar-refractivity contribution < 1.29 is 4.74 Å². The Kier molecular flexibility index (Phi) is 3.09. The Bertz CT molecular complexity index is 330. The van der Waals surface area contributed by atoms with Gasteiger partial charge in [-0.25, -0.2) is 4.98 Å². The molecule has 0 atom stereocenters. The average molecular weight is 177 g/mol. The Morgan fingerprint density at radius 3 is 3.00 bits per heavy atom. The maximum atomic E-state index is 5.15. The zero-order chi connectivity index (χ0) is 9.68. The Balaban J connectivity index is 2.83. The number of terminal acetylenes is 1. The third-order valence-corrected chi connectivity index (χ3v) is 1.37. The highest BCUT2D eigenvalue weighted by molar-refractivity contribution is 5.37. The van der Waals surface area contributed by atoms with E-state index in [9.17, 15) is 0 Å². The monoisotopic (exact) mass is 177 g/mol. The van der Waals surface area contributed by atoms with Crippen LogP contribution in [0.3, 0.4) is 0 Å². The molecule has 0 fully saturated rings. The van der Waals surface area contributed by atoms with Crippen LogP contribution in [-0.4, -0.2) is 23.6 Å². The summed E-state index contributed by atoms with van der Waals surface area (Å²) in [6.45, 7) is 2.02.